The summed E-state index contributed by atoms with van der Waals surface area (Å²) < 4.78 is 2.14. The lowest BCUT2D eigenvalue weighted by Gasteiger charge is -2.32. The van der Waals surface area contributed by atoms with Crippen LogP contribution in [-0.4, -0.2) is 27.6 Å². The first-order valence-electron chi connectivity index (χ1n) is 11.7. The standard InChI is InChI=1S/C28H32N4/c1-20-6-7-24-23(17-20)18-22(8-11-28(2,3)32-16-15-30-19-32)25-5-4-12-31-27(25)26(24)21-9-13-29-14-10-21/h4-8,11-12,15-19,21,26,29H,9-10,13-14H2,1-3H3/b11-8+. The number of fused-ring (bicyclic) bond motifs is 2. The van der Waals surface area contributed by atoms with Gasteiger partial charge >= 0.3 is 0 Å². The van der Waals surface area contributed by atoms with Crippen molar-refractivity contribution in [2.75, 3.05) is 13.1 Å². The summed E-state index contributed by atoms with van der Waals surface area (Å²) in [6.45, 7) is 8.78. The van der Waals surface area contributed by atoms with E-state index in [1.807, 2.05) is 24.9 Å². The molecule has 0 bridgehead atoms. The number of imidazole rings is 1. The van der Waals surface area contributed by atoms with Gasteiger partial charge in [-0.1, -0.05) is 42.0 Å². The molecule has 0 amide bonds. The Hall–Kier alpha value is -2.98. The SMILES string of the molecule is Cc1ccc2c(c1)C=C(/C=C/C(C)(C)n1ccnc1)c1cccnc1C2C1CCNCC1. The van der Waals surface area contributed by atoms with Crippen LogP contribution in [0.4, 0.5) is 0 Å². The van der Waals surface area contributed by atoms with Gasteiger partial charge in [0.25, 0.3) is 0 Å². The molecule has 1 aromatic carbocycles. The second-order valence-electron chi connectivity index (χ2n) is 9.69. The minimum absolute atomic E-state index is 0.171. The Kier molecular flexibility index (Phi) is 5.56. The van der Waals surface area contributed by atoms with Gasteiger partial charge in [0.15, 0.2) is 0 Å². The molecule has 3 aromatic rings. The van der Waals surface area contributed by atoms with E-state index in [-0.39, 0.29) is 5.54 Å². The third-order valence-corrected chi connectivity index (χ3v) is 7.03. The van der Waals surface area contributed by atoms with E-state index >= 15 is 0 Å². The maximum Gasteiger partial charge on any atom is 0.0953 e. The highest BCUT2D eigenvalue weighted by Crippen LogP contribution is 2.44. The molecule has 3 heterocycles. The molecule has 5 rings (SSSR count). The van der Waals surface area contributed by atoms with Crippen LogP contribution in [0.3, 0.4) is 0 Å². The zero-order chi connectivity index (χ0) is 22.1. The third-order valence-electron chi connectivity index (χ3n) is 7.03. The molecule has 0 radical (unpaired) electrons. The highest BCUT2D eigenvalue weighted by atomic mass is 15.1. The summed E-state index contributed by atoms with van der Waals surface area (Å²) in [5, 5.41) is 3.53. The smallest absolute Gasteiger partial charge is 0.0953 e. The lowest BCUT2D eigenvalue weighted by atomic mass is 9.76. The van der Waals surface area contributed by atoms with Gasteiger partial charge in [0.05, 0.1) is 17.6 Å². The van der Waals surface area contributed by atoms with Crippen LogP contribution in [-0.2, 0) is 5.54 Å². The number of rotatable bonds is 4. The summed E-state index contributed by atoms with van der Waals surface area (Å²) in [6.07, 6.45) is 17.0. The molecule has 4 heteroatoms. The lowest BCUT2D eigenvalue weighted by molar-refractivity contribution is 0.339. The molecular formula is C28H32N4. The van der Waals surface area contributed by atoms with Crippen LogP contribution in [0.25, 0.3) is 11.6 Å². The summed E-state index contributed by atoms with van der Waals surface area (Å²) in [7, 11) is 0. The number of aromatic nitrogens is 3. The normalized spacial score (nSPS) is 19.3. The van der Waals surface area contributed by atoms with Crippen molar-refractivity contribution in [3.8, 4) is 0 Å². The third kappa shape index (κ3) is 3.95. The number of allylic oxidation sites excluding steroid dienone is 3. The van der Waals surface area contributed by atoms with Crippen molar-refractivity contribution in [1.29, 1.82) is 0 Å². The van der Waals surface area contributed by atoms with E-state index in [0.717, 1.165) is 13.1 Å². The first-order valence-corrected chi connectivity index (χ1v) is 11.7. The van der Waals surface area contributed by atoms with Gasteiger partial charge in [-0.25, -0.2) is 4.98 Å². The molecule has 1 atom stereocenters. The largest absolute Gasteiger partial charge is 0.328 e. The minimum atomic E-state index is -0.171. The predicted octanol–water partition coefficient (Wildman–Crippen LogP) is 5.56. The predicted molar refractivity (Wildman–Crippen MR) is 131 cm³/mol. The van der Waals surface area contributed by atoms with E-state index in [2.05, 4.69) is 84.2 Å². The van der Waals surface area contributed by atoms with E-state index < -0.39 is 0 Å². The fraction of sp³-hybridized carbons (Fsp3) is 0.357. The van der Waals surface area contributed by atoms with Crippen LogP contribution in [0.1, 0.15) is 60.6 Å². The Balaban J connectivity index is 1.65. The number of aryl methyl sites for hydroxylation is 1. The van der Waals surface area contributed by atoms with Crippen LogP contribution in [0.2, 0.25) is 0 Å². The van der Waals surface area contributed by atoms with Crippen LogP contribution < -0.4 is 5.32 Å². The van der Waals surface area contributed by atoms with Gasteiger partial charge in [0.1, 0.15) is 0 Å². The molecule has 32 heavy (non-hydrogen) atoms. The van der Waals surface area contributed by atoms with Crippen LogP contribution in [0.15, 0.2) is 67.4 Å². The molecule has 164 valence electrons. The topological polar surface area (TPSA) is 42.7 Å². The second-order valence-corrected chi connectivity index (χ2v) is 9.69. The highest BCUT2D eigenvalue weighted by molar-refractivity contribution is 5.91. The fourth-order valence-corrected chi connectivity index (χ4v) is 5.18. The van der Waals surface area contributed by atoms with Crippen LogP contribution in [0.5, 0.6) is 0 Å². The molecule has 1 aliphatic heterocycles. The number of hydrogen-bond acceptors (Lipinski definition) is 3. The molecule has 1 fully saturated rings. The zero-order valence-electron chi connectivity index (χ0n) is 19.3. The molecule has 0 spiro atoms. The van der Waals surface area contributed by atoms with Crippen LogP contribution in [0, 0.1) is 12.8 Å². The summed E-state index contributed by atoms with van der Waals surface area (Å²) in [4.78, 5) is 9.23. The van der Waals surface area contributed by atoms with Crippen molar-refractivity contribution in [3.05, 3.63) is 95.3 Å². The number of hydrogen-bond donors (Lipinski definition) is 1. The van der Waals surface area contributed by atoms with Crippen molar-refractivity contribution in [1.82, 2.24) is 19.9 Å². The number of nitrogens with one attached hydrogen (secondary N) is 1. The average Bonchev–Trinajstić information content (AvgIpc) is 3.31. The van der Waals surface area contributed by atoms with E-state index in [1.54, 1.807) is 0 Å². The molecule has 0 saturated carbocycles. The highest BCUT2D eigenvalue weighted by Gasteiger charge is 2.32. The summed E-state index contributed by atoms with van der Waals surface area (Å²) in [6, 6.07) is 11.3. The van der Waals surface area contributed by atoms with Crippen molar-refractivity contribution in [2.24, 2.45) is 5.92 Å². The summed E-state index contributed by atoms with van der Waals surface area (Å²) in [5.74, 6) is 0.929. The summed E-state index contributed by atoms with van der Waals surface area (Å²) >= 11 is 0. The first-order chi connectivity index (χ1) is 15.5. The van der Waals surface area contributed by atoms with Gasteiger partial charge in [-0.05, 0) is 81.5 Å². The average molecular weight is 425 g/mol. The molecule has 4 nitrogen and oxygen atoms in total. The molecule has 1 N–H and O–H groups in total. The van der Waals surface area contributed by atoms with Crippen molar-refractivity contribution < 1.29 is 0 Å². The van der Waals surface area contributed by atoms with Gasteiger partial charge in [-0.3, -0.25) is 4.98 Å². The molecule has 2 aromatic heterocycles. The van der Waals surface area contributed by atoms with Gasteiger partial charge in [-0.2, -0.15) is 0 Å². The van der Waals surface area contributed by atoms with E-state index in [0.29, 0.717) is 11.8 Å². The maximum atomic E-state index is 4.99. The van der Waals surface area contributed by atoms with Crippen LogP contribution >= 0.6 is 0 Å². The number of pyridine rings is 1. The fourth-order valence-electron chi connectivity index (χ4n) is 5.18. The van der Waals surface area contributed by atoms with E-state index in [4.69, 9.17) is 4.98 Å². The molecule has 2 aliphatic rings. The van der Waals surface area contributed by atoms with Crippen molar-refractivity contribution in [3.63, 3.8) is 0 Å². The quantitative estimate of drug-likeness (QED) is 0.596. The van der Waals surface area contributed by atoms with Gasteiger partial charge in [0, 0.05) is 30.1 Å². The Morgan fingerprint density at radius 2 is 1.97 bits per heavy atom. The van der Waals surface area contributed by atoms with E-state index in [1.165, 1.54) is 46.4 Å². The second kappa shape index (κ2) is 8.51. The number of piperidine rings is 1. The van der Waals surface area contributed by atoms with Crippen molar-refractivity contribution in [2.45, 2.75) is 45.1 Å². The summed E-state index contributed by atoms with van der Waals surface area (Å²) in [5.41, 5.74) is 7.57. The zero-order valence-corrected chi connectivity index (χ0v) is 19.3. The maximum absolute atomic E-state index is 4.99. The first kappa shape index (κ1) is 20.9. The molecule has 1 saturated heterocycles. The minimum Gasteiger partial charge on any atom is -0.328 e. The Labute approximate surface area is 191 Å². The number of benzene rings is 1. The monoisotopic (exact) mass is 424 g/mol. The molecule has 1 aliphatic carbocycles. The Morgan fingerprint density at radius 1 is 1.12 bits per heavy atom. The van der Waals surface area contributed by atoms with E-state index in [9.17, 15) is 0 Å². The number of nitrogens with zero attached hydrogens (tertiary/aromatic N) is 3. The molecule has 1 unspecified atom stereocenters. The lowest BCUT2D eigenvalue weighted by Crippen LogP contribution is -2.32. The van der Waals surface area contributed by atoms with Crippen molar-refractivity contribution >= 4 is 11.6 Å². The van der Waals surface area contributed by atoms with Gasteiger partial charge in [-0.15, -0.1) is 0 Å². The Morgan fingerprint density at radius 3 is 2.75 bits per heavy atom. The van der Waals surface area contributed by atoms with Gasteiger partial charge < -0.3 is 9.88 Å². The molecular weight excluding hydrogens is 392 g/mol. The van der Waals surface area contributed by atoms with Gasteiger partial charge in [0.2, 0.25) is 0 Å². The Bertz CT molecular complexity index is 1150.